The minimum absolute atomic E-state index is 0.123. The third kappa shape index (κ3) is 2.48. The van der Waals surface area contributed by atoms with E-state index in [0.29, 0.717) is 5.92 Å². The molecule has 1 heterocycles. The van der Waals surface area contributed by atoms with Crippen molar-refractivity contribution in [1.29, 1.82) is 5.41 Å². The van der Waals surface area contributed by atoms with Crippen molar-refractivity contribution in [2.75, 3.05) is 25.1 Å². The van der Waals surface area contributed by atoms with E-state index in [9.17, 15) is 0 Å². The molecule has 2 atom stereocenters. The molecule has 2 unspecified atom stereocenters. The van der Waals surface area contributed by atoms with Crippen LogP contribution in [-0.4, -0.2) is 32.1 Å². The van der Waals surface area contributed by atoms with E-state index in [0.717, 1.165) is 30.8 Å². The lowest BCUT2D eigenvalue weighted by molar-refractivity contribution is 0.0498. The smallest absolute Gasteiger partial charge is 0.124 e. The zero-order valence-corrected chi connectivity index (χ0v) is 11.0. The third-order valence-electron chi connectivity index (χ3n) is 3.73. The van der Waals surface area contributed by atoms with Crippen molar-refractivity contribution in [2.24, 2.45) is 11.7 Å². The van der Waals surface area contributed by atoms with Gasteiger partial charge in [0.2, 0.25) is 0 Å². The molecular weight excluding hydrogens is 226 g/mol. The van der Waals surface area contributed by atoms with E-state index in [1.807, 2.05) is 24.3 Å². The van der Waals surface area contributed by atoms with Crippen LogP contribution in [0.1, 0.15) is 18.9 Å². The van der Waals surface area contributed by atoms with E-state index >= 15 is 0 Å². The predicted octanol–water partition coefficient (Wildman–Crippen LogP) is 1.83. The van der Waals surface area contributed by atoms with Gasteiger partial charge in [-0.2, -0.15) is 0 Å². The lowest BCUT2D eigenvalue weighted by Gasteiger charge is -2.38. The van der Waals surface area contributed by atoms with E-state index in [4.69, 9.17) is 15.9 Å². The number of nitrogens with two attached hydrogens (primary N) is 1. The number of hydrogen-bond acceptors (Lipinski definition) is 3. The van der Waals surface area contributed by atoms with Gasteiger partial charge >= 0.3 is 0 Å². The summed E-state index contributed by atoms with van der Waals surface area (Å²) in [5, 5.41) is 7.65. The fourth-order valence-electron chi connectivity index (χ4n) is 2.54. The number of nitrogens with one attached hydrogen (secondary N) is 1. The van der Waals surface area contributed by atoms with Gasteiger partial charge in [0.15, 0.2) is 0 Å². The number of ether oxygens (including phenoxy) is 1. The minimum atomic E-state index is 0.123. The molecule has 1 aromatic rings. The van der Waals surface area contributed by atoms with Crippen molar-refractivity contribution in [3.63, 3.8) is 0 Å². The van der Waals surface area contributed by atoms with Crippen molar-refractivity contribution in [2.45, 2.75) is 19.4 Å². The fraction of sp³-hybridized carbons (Fsp3) is 0.500. The molecule has 1 aliphatic heterocycles. The summed E-state index contributed by atoms with van der Waals surface area (Å²) in [6, 6.07) is 7.83. The van der Waals surface area contributed by atoms with Crippen LogP contribution in [0.4, 0.5) is 5.69 Å². The molecule has 0 radical (unpaired) electrons. The van der Waals surface area contributed by atoms with Gasteiger partial charge in [0.25, 0.3) is 0 Å². The average Bonchev–Trinajstić information content (AvgIpc) is 2.39. The number of hydrogen-bond donors (Lipinski definition) is 2. The van der Waals surface area contributed by atoms with Gasteiger partial charge in [-0.1, -0.05) is 19.1 Å². The topological polar surface area (TPSA) is 62.3 Å². The Morgan fingerprint density at radius 1 is 1.44 bits per heavy atom. The van der Waals surface area contributed by atoms with Crippen molar-refractivity contribution >= 4 is 11.5 Å². The molecule has 0 amide bonds. The van der Waals surface area contributed by atoms with Crippen LogP contribution < -0.4 is 10.6 Å². The van der Waals surface area contributed by atoms with Gasteiger partial charge in [-0.15, -0.1) is 0 Å². The molecular formula is C14H21N3O. The summed E-state index contributed by atoms with van der Waals surface area (Å²) in [7, 11) is 1.77. The van der Waals surface area contributed by atoms with Crippen LogP contribution in [0.3, 0.4) is 0 Å². The Hall–Kier alpha value is -1.55. The number of piperidine rings is 1. The standard InChI is InChI=1S/C14H21N3O/c1-10-7-8-17(9-13(10)18-2)12-6-4-3-5-11(12)14(15)16/h3-6,10,13H,7-9H2,1-2H3,(H3,15,16). The first-order valence-electron chi connectivity index (χ1n) is 6.34. The van der Waals surface area contributed by atoms with Crippen LogP contribution in [0.5, 0.6) is 0 Å². The Kier molecular flexibility index (Phi) is 3.87. The highest BCUT2D eigenvalue weighted by atomic mass is 16.5. The molecule has 2 rings (SSSR count). The highest BCUT2D eigenvalue weighted by Gasteiger charge is 2.27. The lowest BCUT2D eigenvalue weighted by Crippen LogP contribution is -2.44. The quantitative estimate of drug-likeness (QED) is 0.633. The summed E-state index contributed by atoms with van der Waals surface area (Å²) < 4.78 is 5.53. The maximum atomic E-state index is 7.65. The molecule has 0 saturated carbocycles. The largest absolute Gasteiger partial charge is 0.384 e. The summed E-state index contributed by atoms with van der Waals surface area (Å²) in [6.07, 6.45) is 1.35. The van der Waals surface area contributed by atoms with Crippen LogP contribution in [0.2, 0.25) is 0 Å². The molecule has 1 saturated heterocycles. The average molecular weight is 247 g/mol. The van der Waals surface area contributed by atoms with Gasteiger partial charge in [0, 0.05) is 31.5 Å². The first kappa shape index (κ1) is 12.9. The van der Waals surface area contributed by atoms with Crippen LogP contribution in [0.25, 0.3) is 0 Å². The van der Waals surface area contributed by atoms with Gasteiger partial charge in [-0.05, 0) is 24.5 Å². The Morgan fingerprint density at radius 3 is 2.83 bits per heavy atom. The van der Waals surface area contributed by atoms with Gasteiger partial charge in [0.05, 0.1) is 6.10 Å². The zero-order valence-electron chi connectivity index (χ0n) is 11.0. The fourth-order valence-corrected chi connectivity index (χ4v) is 2.54. The first-order chi connectivity index (χ1) is 8.63. The molecule has 1 aliphatic rings. The zero-order chi connectivity index (χ0) is 13.1. The lowest BCUT2D eigenvalue weighted by atomic mass is 9.95. The van der Waals surface area contributed by atoms with E-state index in [1.165, 1.54) is 0 Å². The molecule has 0 aromatic heterocycles. The van der Waals surface area contributed by atoms with Crippen LogP contribution in [0.15, 0.2) is 24.3 Å². The van der Waals surface area contributed by atoms with Gasteiger partial charge in [0.1, 0.15) is 5.84 Å². The Morgan fingerprint density at radius 2 is 2.17 bits per heavy atom. The number of rotatable bonds is 3. The normalized spacial score (nSPS) is 24.0. The second-order valence-electron chi connectivity index (χ2n) is 4.92. The summed E-state index contributed by atoms with van der Waals surface area (Å²) in [4.78, 5) is 2.27. The number of benzene rings is 1. The monoisotopic (exact) mass is 247 g/mol. The summed E-state index contributed by atoms with van der Waals surface area (Å²) in [5.41, 5.74) is 7.49. The van der Waals surface area contributed by atoms with Gasteiger partial charge in [-0.25, -0.2) is 0 Å². The van der Waals surface area contributed by atoms with Crippen LogP contribution in [-0.2, 0) is 4.74 Å². The maximum Gasteiger partial charge on any atom is 0.124 e. The van der Waals surface area contributed by atoms with Crippen LogP contribution in [0, 0.1) is 11.3 Å². The van der Waals surface area contributed by atoms with Gasteiger partial charge < -0.3 is 15.4 Å². The van der Waals surface area contributed by atoms with E-state index in [1.54, 1.807) is 7.11 Å². The van der Waals surface area contributed by atoms with E-state index < -0.39 is 0 Å². The molecule has 1 aromatic carbocycles. The number of methoxy groups -OCH3 is 1. The highest BCUT2D eigenvalue weighted by Crippen LogP contribution is 2.27. The van der Waals surface area contributed by atoms with Crippen molar-refractivity contribution < 1.29 is 4.74 Å². The third-order valence-corrected chi connectivity index (χ3v) is 3.73. The second-order valence-corrected chi connectivity index (χ2v) is 4.92. The number of nitrogens with zero attached hydrogens (tertiary/aromatic N) is 1. The molecule has 98 valence electrons. The Balaban J connectivity index is 2.24. The van der Waals surface area contributed by atoms with Crippen molar-refractivity contribution in [3.8, 4) is 0 Å². The number of para-hydroxylation sites is 1. The second kappa shape index (κ2) is 5.40. The Bertz CT molecular complexity index is 433. The van der Waals surface area contributed by atoms with E-state index in [2.05, 4.69) is 11.8 Å². The van der Waals surface area contributed by atoms with Gasteiger partial charge in [-0.3, -0.25) is 5.41 Å². The van der Waals surface area contributed by atoms with Crippen molar-refractivity contribution in [3.05, 3.63) is 29.8 Å². The summed E-state index contributed by atoms with van der Waals surface area (Å²) in [5.74, 6) is 0.703. The predicted molar refractivity (Wildman–Crippen MR) is 74.2 cm³/mol. The first-order valence-corrected chi connectivity index (χ1v) is 6.34. The summed E-state index contributed by atoms with van der Waals surface area (Å²) >= 11 is 0. The number of nitrogen functional groups attached to an aromatic ring is 1. The molecule has 3 N–H and O–H groups in total. The number of amidine groups is 1. The molecule has 18 heavy (non-hydrogen) atoms. The van der Waals surface area contributed by atoms with Crippen molar-refractivity contribution in [1.82, 2.24) is 0 Å². The molecule has 4 nitrogen and oxygen atoms in total. The molecule has 1 fully saturated rings. The van der Waals surface area contributed by atoms with E-state index in [-0.39, 0.29) is 11.9 Å². The molecule has 0 aliphatic carbocycles. The molecule has 0 spiro atoms. The SMILES string of the molecule is COC1CN(c2ccccc2C(=N)N)CCC1C. The Labute approximate surface area is 108 Å². The minimum Gasteiger partial charge on any atom is -0.384 e. The highest BCUT2D eigenvalue weighted by molar-refractivity contribution is 6.00. The molecule has 0 bridgehead atoms. The maximum absolute atomic E-state index is 7.65. The van der Waals surface area contributed by atoms with Crippen LogP contribution >= 0.6 is 0 Å². The summed E-state index contributed by atoms with van der Waals surface area (Å²) in [6.45, 7) is 4.08. The molecule has 4 heteroatoms. The number of anilines is 1.